The molecule has 0 saturated heterocycles. The Morgan fingerprint density at radius 3 is 2.20 bits per heavy atom. The number of nitrogens with zero attached hydrogens (tertiary/aromatic N) is 1. The lowest BCUT2D eigenvalue weighted by molar-refractivity contribution is 0.0889. The molecule has 0 atom stereocenters. The first-order valence-electron chi connectivity index (χ1n) is 6.59. The standard InChI is InChI=1S/C15H23N3O2/c1-14(2,3)9-15(4,5)18-13(20)10-6-7-11(12(16)19)17-8-10/h6-8H,9H2,1-5H3,(H2,16,19)(H,18,20). The first-order chi connectivity index (χ1) is 9.00. The number of nitrogens with one attached hydrogen (secondary N) is 1. The van der Waals surface area contributed by atoms with Gasteiger partial charge >= 0.3 is 0 Å². The Hall–Kier alpha value is -1.91. The zero-order chi connectivity index (χ0) is 15.6. The van der Waals surface area contributed by atoms with Gasteiger partial charge in [-0.3, -0.25) is 14.6 Å². The van der Waals surface area contributed by atoms with Crippen LogP contribution in [0.2, 0.25) is 0 Å². The number of amides is 2. The fourth-order valence-corrected chi connectivity index (χ4v) is 2.42. The molecule has 0 aromatic carbocycles. The number of hydrogen-bond acceptors (Lipinski definition) is 3. The second kappa shape index (κ2) is 5.61. The average Bonchev–Trinajstić information content (AvgIpc) is 2.24. The molecule has 110 valence electrons. The summed E-state index contributed by atoms with van der Waals surface area (Å²) in [4.78, 5) is 27.0. The summed E-state index contributed by atoms with van der Waals surface area (Å²) in [7, 11) is 0. The van der Waals surface area contributed by atoms with Crippen molar-refractivity contribution in [2.24, 2.45) is 11.1 Å². The van der Waals surface area contributed by atoms with E-state index >= 15 is 0 Å². The topological polar surface area (TPSA) is 85.1 Å². The van der Waals surface area contributed by atoms with Crippen LogP contribution in [0.5, 0.6) is 0 Å². The molecule has 1 aromatic heterocycles. The maximum atomic E-state index is 12.2. The molecule has 0 unspecified atom stereocenters. The van der Waals surface area contributed by atoms with E-state index in [4.69, 9.17) is 5.73 Å². The van der Waals surface area contributed by atoms with Crippen molar-refractivity contribution in [2.45, 2.75) is 46.6 Å². The van der Waals surface area contributed by atoms with Crippen LogP contribution in [-0.2, 0) is 0 Å². The molecule has 0 aliphatic rings. The molecule has 0 radical (unpaired) electrons. The van der Waals surface area contributed by atoms with Crippen molar-refractivity contribution in [1.29, 1.82) is 0 Å². The van der Waals surface area contributed by atoms with E-state index in [2.05, 4.69) is 31.1 Å². The van der Waals surface area contributed by atoms with Gasteiger partial charge in [0.1, 0.15) is 5.69 Å². The van der Waals surface area contributed by atoms with Crippen LogP contribution in [0.15, 0.2) is 18.3 Å². The van der Waals surface area contributed by atoms with Gasteiger partial charge in [0.25, 0.3) is 11.8 Å². The molecule has 5 nitrogen and oxygen atoms in total. The molecule has 20 heavy (non-hydrogen) atoms. The molecule has 2 amide bonds. The maximum absolute atomic E-state index is 12.2. The number of nitrogens with two attached hydrogens (primary N) is 1. The minimum atomic E-state index is -0.606. The summed E-state index contributed by atoms with van der Waals surface area (Å²) in [6.07, 6.45) is 2.21. The summed E-state index contributed by atoms with van der Waals surface area (Å²) < 4.78 is 0. The number of rotatable bonds is 4. The highest BCUT2D eigenvalue weighted by Crippen LogP contribution is 2.26. The Bertz CT molecular complexity index is 499. The molecular formula is C15H23N3O2. The van der Waals surface area contributed by atoms with Crippen LogP contribution < -0.4 is 11.1 Å². The highest BCUT2D eigenvalue weighted by molar-refractivity contribution is 5.96. The van der Waals surface area contributed by atoms with Crippen molar-refractivity contribution in [1.82, 2.24) is 10.3 Å². The van der Waals surface area contributed by atoms with E-state index in [1.165, 1.54) is 12.3 Å². The normalized spacial score (nSPS) is 12.1. The molecule has 1 rings (SSSR count). The van der Waals surface area contributed by atoms with E-state index in [1.807, 2.05) is 13.8 Å². The van der Waals surface area contributed by atoms with E-state index < -0.39 is 5.91 Å². The minimum Gasteiger partial charge on any atom is -0.364 e. The van der Waals surface area contributed by atoms with Crippen molar-refractivity contribution in [3.63, 3.8) is 0 Å². The number of carbonyl (C=O) groups excluding carboxylic acids is 2. The number of pyridine rings is 1. The molecule has 5 heteroatoms. The Kier molecular flexibility index (Phi) is 4.53. The molecule has 0 saturated carbocycles. The van der Waals surface area contributed by atoms with Crippen LogP contribution in [0.25, 0.3) is 0 Å². The average molecular weight is 277 g/mol. The van der Waals surface area contributed by atoms with Gasteiger partial charge < -0.3 is 11.1 Å². The lowest BCUT2D eigenvalue weighted by Crippen LogP contribution is -2.45. The van der Waals surface area contributed by atoms with E-state index in [0.29, 0.717) is 5.56 Å². The molecule has 0 spiro atoms. The number of primary amides is 1. The maximum Gasteiger partial charge on any atom is 0.267 e. The van der Waals surface area contributed by atoms with Crippen LogP contribution in [0.4, 0.5) is 0 Å². The van der Waals surface area contributed by atoms with Crippen molar-refractivity contribution >= 4 is 11.8 Å². The molecule has 0 aliphatic carbocycles. The van der Waals surface area contributed by atoms with Gasteiger partial charge in [-0.05, 0) is 37.8 Å². The molecule has 1 heterocycles. The van der Waals surface area contributed by atoms with E-state index in [-0.39, 0.29) is 22.6 Å². The van der Waals surface area contributed by atoms with Crippen LogP contribution in [0, 0.1) is 5.41 Å². The van der Waals surface area contributed by atoms with Gasteiger partial charge in [0, 0.05) is 11.7 Å². The van der Waals surface area contributed by atoms with Gasteiger partial charge in [-0.1, -0.05) is 20.8 Å². The van der Waals surface area contributed by atoms with Gasteiger partial charge in [-0.2, -0.15) is 0 Å². The third kappa shape index (κ3) is 4.99. The number of aromatic nitrogens is 1. The first-order valence-corrected chi connectivity index (χ1v) is 6.59. The van der Waals surface area contributed by atoms with Gasteiger partial charge in [0.05, 0.1) is 5.56 Å². The fraction of sp³-hybridized carbons (Fsp3) is 0.533. The Morgan fingerprint density at radius 1 is 1.20 bits per heavy atom. The van der Waals surface area contributed by atoms with Crippen LogP contribution in [0.3, 0.4) is 0 Å². The lowest BCUT2D eigenvalue weighted by Gasteiger charge is -2.33. The van der Waals surface area contributed by atoms with Gasteiger partial charge in [0.15, 0.2) is 0 Å². The van der Waals surface area contributed by atoms with Crippen molar-refractivity contribution in [3.05, 3.63) is 29.6 Å². The summed E-state index contributed by atoms with van der Waals surface area (Å²) >= 11 is 0. The predicted octanol–water partition coefficient (Wildman–Crippen LogP) is 2.13. The van der Waals surface area contributed by atoms with Crippen LogP contribution >= 0.6 is 0 Å². The molecule has 0 aliphatic heterocycles. The molecule has 3 N–H and O–H groups in total. The smallest absolute Gasteiger partial charge is 0.267 e. The van der Waals surface area contributed by atoms with Gasteiger partial charge in [-0.25, -0.2) is 0 Å². The second-order valence-corrected chi connectivity index (χ2v) is 6.87. The van der Waals surface area contributed by atoms with E-state index in [9.17, 15) is 9.59 Å². The largest absolute Gasteiger partial charge is 0.364 e. The summed E-state index contributed by atoms with van der Waals surface area (Å²) in [5, 5.41) is 2.98. The summed E-state index contributed by atoms with van der Waals surface area (Å²) in [6.45, 7) is 10.4. The SMILES string of the molecule is CC(C)(C)CC(C)(C)NC(=O)c1ccc(C(N)=O)nc1. The molecule has 1 aromatic rings. The third-order valence-electron chi connectivity index (χ3n) is 2.70. The molecular weight excluding hydrogens is 254 g/mol. The first kappa shape index (κ1) is 16.1. The fourth-order valence-electron chi connectivity index (χ4n) is 2.42. The van der Waals surface area contributed by atoms with Gasteiger partial charge in [0.2, 0.25) is 0 Å². The Morgan fingerprint density at radius 2 is 1.80 bits per heavy atom. The zero-order valence-electron chi connectivity index (χ0n) is 12.8. The highest BCUT2D eigenvalue weighted by Gasteiger charge is 2.27. The quantitative estimate of drug-likeness (QED) is 0.884. The van der Waals surface area contributed by atoms with Crippen LogP contribution in [-0.4, -0.2) is 22.3 Å². The monoisotopic (exact) mass is 277 g/mol. The van der Waals surface area contributed by atoms with Crippen molar-refractivity contribution in [2.75, 3.05) is 0 Å². The number of hydrogen-bond donors (Lipinski definition) is 2. The predicted molar refractivity (Wildman–Crippen MR) is 78.4 cm³/mol. The minimum absolute atomic E-state index is 0.116. The summed E-state index contributed by atoms with van der Waals surface area (Å²) in [6, 6.07) is 3.00. The highest BCUT2D eigenvalue weighted by atomic mass is 16.2. The molecule has 0 fully saturated rings. The summed E-state index contributed by atoms with van der Waals surface area (Å²) in [5.74, 6) is -0.812. The van der Waals surface area contributed by atoms with E-state index in [0.717, 1.165) is 6.42 Å². The Labute approximate surface area is 120 Å². The van der Waals surface area contributed by atoms with Crippen LogP contribution in [0.1, 0.15) is 61.9 Å². The van der Waals surface area contributed by atoms with E-state index in [1.54, 1.807) is 6.07 Å². The van der Waals surface area contributed by atoms with Crippen molar-refractivity contribution in [3.8, 4) is 0 Å². The number of carbonyl (C=O) groups is 2. The molecule has 0 bridgehead atoms. The summed E-state index contributed by atoms with van der Waals surface area (Å²) in [5.41, 5.74) is 5.47. The lowest BCUT2D eigenvalue weighted by atomic mass is 9.81. The van der Waals surface area contributed by atoms with Crippen molar-refractivity contribution < 1.29 is 9.59 Å². The third-order valence-corrected chi connectivity index (χ3v) is 2.70. The second-order valence-electron chi connectivity index (χ2n) is 6.87. The zero-order valence-corrected chi connectivity index (χ0v) is 12.8. The van der Waals surface area contributed by atoms with Gasteiger partial charge in [-0.15, -0.1) is 0 Å². The Balaban J connectivity index is 2.78.